The van der Waals surface area contributed by atoms with Gasteiger partial charge in [0.15, 0.2) is 0 Å². The van der Waals surface area contributed by atoms with Crippen LogP contribution in [0.3, 0.4) is 0 Å². The molecule has 26 heavy (non-hydrogen) atoms. The fourth-order valence-corrected chi connectivity index (χ4v) is 4.68. The van der Waals surface area contributed by atoms with E-state index >= 15 is 0 Å². The highest BCUT2D eigenvalue weighted by Crippen LogP contribution is 2.50. The molecule has 1 fully saturated rings. The van der Waals surface area contributed by atoms with Crippen LogP contribution in [-0.4, -0.2) is 48.5 Å². The largest absolute Gasteiger partial charge is 0.493 e. The van der Waals surface area contributed by atoms with Gasteiger partial charge in [-0.2, -0.15) is 0 Å². The first-order chi connectivity index (χ1) is 12.3. The Morgan fingerprint density at radius 3 is 3.08 bits per heavy atom. The Kier molecular flexibility index (Phi) is 3.97. The van der Waals surface area contributed by atoms with E-state index in [1.807, 2.05) is 10.8 Å². The highest BCUT2D eigenvalue weighted by atomic mass is 32.2. The molecule has 2 aromatic heterocycles. The van der Waals surface area contributed by atoms with Gasteiger partial charge in [-0.3, -0.25) is 0 Å². The van der Waals surface area contributed by atoms with Gasteiger partial charge in [0, 0.05) is 36.1 Å². The molecule has 138 valence electrons. The number of nitrogens with one attached hydrogen (secondary N) is 2. The molecule has 0 atom stereocenters. The molecule has 1 amide bonds. The summed E-state index contributed by atoms with van der Waals surface area (Å²) in [4.78, 5) is 19.1. The van der Waals surface area contributed by atoms with Gasteiger partial charge in [-0.05, 0) is 18.1 Å². The summed E-state index contributed by atoms with van der Waals surface area (Å²) >= 11 is 0. The number of H-pyrrole nitrogens is 1. The molecule has 0 aromatic carbocycles. The zero-order valence-corrected chi connectivity index (χ0v) is 14.9. The van der Waals surface area contributed by atoms with E-state index in [4.69, 9.17) is 9.39 Å². The van der Waals surface area contributed by atoms with E-state index in [0.717, 1.165) is 10.9 Å². The molecule has 3 N–H and O–H groups in total. The highest BCUT2D eigenvalue weighted by Gasteiger charge is 2.57. The molecule has 0 saturated heterocycles. The van der Waals surface area contributed by atoms with Crippen LogP contribution in [0, 0.1) is 0 Å². The van der Waals surface area contributed by atoms with Crippen LogP contribution in [0.15, 0.2) is 18.5 Å². The third-order valence-electron chi connectivity index (χ3n) is 4.78. The number of ether oxygens (including phenoxy) is 1. The van der Waals surface area contributed by atoms with Gasteiger partial charge in [0.2, 0.25) is 10.0 Å². The Labute approximate surface area is 150 Å². The third kappa shape index (κ3) is 2.76. The molecule has 2 aliphatic rings. The first kappa shape index (κ1) is 17.3. The van der Waals surface area contributed by atoms with Crippen LogP contribution >= 0.6 is 0 Å². The maximum Gasteiger partial charge on any atom is 0.493 e. The number of amides is 1. The second kappa shape index (κ2) is 5.97. The summed E-state index contributed by atoms with van der Waals surface area (Å²) in [5.74, 6) is -0.141. The van der Waals surface area contributed by atoms with E-state index in [1.165, 1.54) is 0 Å². The zero-order valence-electron chi connectivity index (χ0n) is 14.1. The van der Waals surface area contributed by atoms with Crippen molar-refractivity contribution in [2.24, 2.45) is 0 Å². The lowest BCUT2D eigenvalue weighted by molar-refractivity contribution is -0.103. The number of rotatable bonds is 4. The van der Waals surface area contributed by atoms with Gasteiger partial charge in [0.1, 0.15) is 11.8 Å². The zero-order chi connectivity index (χ0) is 18.5. The average molecular weight is 379 g/mol. The van der Waals surface area contributed by atoms with E-state index in [-0.39, 0.29) is 5.75 Å². The molecule has 2 aromatic rings. The fraction of sp³-hybridized carbons (Fsp3) is 0.467. The summed E-state index contributed by atoms with van der Waals surface area (Å²) in [6.07, 6.45) is 2.93. The van der Waals surface area contributed by atoms with Crippen molar-refractivity contribution in [3.8, 4) is 0 Å². The Bertz CT molecular complexity index is 969. The number of hydrogen-bond donors (Lipinski definition) is 3. The van der Waals surface area contributed by atoms with E-state index in [9.17, 15) is 18.2 Å². The van der Waals surface area contributed by atoms with Crippen molar-refractivity contribution in [3.63, 3.8) is 0 Å². The maximum absolute atomic E-state index is 11.8. The quantitative estimate of drug-likeness (QED) is 0.643. The Morgan fingerprint density at radius 2 is 2.35 bits per heavy atom. The van der Waals surface area contributed by atoms with Crippen LogP contribution in [0.25, 0.3) is 11.0 Å². The van der Waals surface area contributed by atoms with Crippen molar-refractivity contribution in [3.05, 3.63) is 24.0 Å². The molecule has 11 heteroatoms. The summed E-state index contributed by atoms with van der Waals surface area (Å²) in [5, 5.41) is 11.0. The number of pyridine rings is 1. The van der Waals surface area contributed by atoms with Crippen molar-refractivity contribution in [2.75, 3.05) is 5.75 Å². The van der Waals surface area contributed by atoms with Crippen molar-refractivity contribution < 1.29 is 27.6 Å². The standard InChI is InChI=1S/C15H18BN3O6S/c1-2-5-26(22,23)19-14(20)24-9-6-15(7-9)12-10-3-4-17-13(10)18-8-11(12)16(21)25-15/h3-4,8-9,21H,2,5-7H2,1H3,(H,17,18)(H,19,20). The predicted molar refractivity (Wildman–Crippen MR) is 93.2 cm³/mol. The number of hydrogen-bond acceptors (Lipinski definition) is 7. The van der Waals surface area contributed by atoms with Crippen LogP contribution in [0.1, 0.15) is 31.7 Å². The van der Waals surface area contributed by atoms with Crippen LogP contribution in [0.4, 0.5) is 4.79 Å². The number of aromatic nitrogens is 2. The topological polar surface area (TPSA) is 131 Å². The molecular formula is C15H18BN3O6S. The van der Waals surface area contributed by atoms with Gasteiger partial charge in [0.25, 0.3) is 0 Å². The lowest BCUT2D eigenvalue weighted by Crippen LogP contribution is -2.49. The molecule has 3 heterocycles. The van der Waals surface area contributed by atoms with Crippen molar-refractivity contribution in [1.29, 1.82) is 0 Å². The van der Waals surface area contributed by atoms with Gasteiger partial charge in [0.05, 0.1) is 11.4 Å². The van der Waals surface area contributed by atoms with Crippen LogP contribution < -0.4 is 10.2 Å². The normalized spacial score (nSPS) is 24.5. The summed E-state index contributed by atoms with van der Waals surface area (Å²) in [5.41, 5.74) is 1.37. The monoisotopic (exact) mass is 379 g/mol. The maximum atomic E-state index is 11.8. The molecular weight excluding hydrogens is 361 g/mol. The molecule has 1 saturated carbocycles. The molecule has 9 nitrogen and oxygen atoms in total. The minimum Gasteiger partial charge on any atom is -0.445 e. The molecule has 0 unspecified atom stereocenters. The number of nitrogens with zero attached hydrogens (tertiary/aromatic N) is 1. The second-order valence-corrected chi connectivity index (χ2v) is 8.49. The first-order valence-corrected chi connectivity index (χ1v) is 10.0. The molecule has 1 aliphatic heterocycles. The van der Waals surface area contributed by atoms with Gasteiger partial charge in [-0.25, -0.2) is 22.9 Å². The summed E-state index contributed by atoms with van der Waals surface area (Å²) < 4.78 is 36.1. The molecule has 0 bridgehead atoms. The van der Waals surface area contributed by atoms with Crippen molar-refractivity contribution in [2.45, 2.75) is 37.9 Å². The average Bonchev–Trinajstić information content (AvgIpc) is 3.08. The minimum atomic E-state index is -3.68. The summed E-state index contributed by atoms with van der Waals surface area (Å²) in [6.45, 7) is 1.71. The number of carbonyl (C=O) groups excluding carboxylic acids is 1. The predicted octanol–water partition coefficient (Wildman–Crippen LogP) is 0.104. The Hall–Kier alpha value is -2.11. The number of carbonyl (C=O) groups is 1. The molecule has 1 spiro atoms. The summed E-state index contributed by atoms with van der Waals surface area (Å²) in [7, 11) is -4.76. The van der Waals surface area contributed by atoms with Crippen LogP contribution in [-0.2, 0) is 25.0 Å². The number of sulfonamides is 1. The van der Waals surface area contributed by atoms with Crippen molar-refractivity contribution in [1.82, 2.24) is 14.7 Å². The second-order valence-electron chi connectivity index (χ2n) is 6.65. The lowest BCUT2D eigenvalue weighted by Gasteiger charge is -2.44. The number of fused-ring (bicyclic) bond motifs is 4. The smallest absolute Gasteiger partial charge is 0.445 e. The van der Waals surface area contributed by atoms with Crippen LogP contribution in [0.5, 0.6) is 0 Å². The van der Waals surface area contributed by atoms with Gasteiger partial charge < -0.3 is 19.4 Å². The van der Waals surface area contributed by atoms with Crippen LogP contribution in [0.2, 0.25) is 0 Å². The van der Waals surface area contributed by atoms with E-state index in [0.29, 0.717) is 30.4 Å². The van der Waals surface area contributed by atoms with Crippen molar-refractivity contribution >= 4 is 39.7 Å². The number of aromatic amines is 1. The molecule has 1 aliphatic carbocycles. The minimum absolute atomic E-state index is 0.141. The van der Waals surface area contributed by atoms with E-state index in [1.54, 1.807) is 19.3 Å². The fourth-order valence-electron chi connectivity index (χ4n) is 3.74. The highest BCUT2D eigenvalue weighted by molar-refractivity contribution is 7.90. The SMILES string of the molecule is CCCS(=O)(=O)NC(=O)OC1CC2(C1)OB(O)c1cnc3[nH]ccc3c12. The first-order valence-electron chi connectivity index (χ1n) is 8.37. The van der Waals surface area contributed by atoms with Gasteiger partial charge >= 0.3 is 13.2 Å². The lowest BCUT2D eigenvalue weighted by atomic mass is 9.70. The van der Waals surface area contributed by atoms with E-state index in [2.05, 4.69) is 9.97 Å². The Morgan fingerprint density at radius 1 is 1.58 bits per heavy atom. The molecule has 4 rings (SSSR count). The third-order valence-corrected chi connectivity index (χ3v) is 6.20. The summed E-state index contributed by atoms with van der Waals surface area (Å²) in [6, 6.07) is 1.86. The molecule has 0 radical (unpaired) electrons. The van der Waals surface area contributed by atoms with Gasteiger partial charge in [-0.1, -0.05) is 6.92 Å². The Balaban J connectivity index is 1.49. The van der Waals surface area contributed by atoms with E-state index < -0.39 is 34.9 Å². The van der Waals surface area contributed by atoms with Gasteiger partial charge in [-0.15, -0.1) is 0 Å².